The molecule has 5 heteroatoms. The van der Waals surface area contributed by atoms with E-state index in [0.29, 0.717) is 11.5 Å². The number of nitrogens with zero attached hydrogens (tertiary/aromatic N) is 1. The van der Waals surface area contributed by atoms with E-state index in [1.165, 1.54) is 0 Å². The molecule has 0 radical (unpaired) electrons. The SMILES string of the molecule is COc1ccc(OC)c(-c2cc(C(N)=O)c(C)n2C(C)CCC(C)C)c1. The van der Waals surface area contributed by atoms with Gasteiger partial charge in [-0.15, -0.1) is 0 Å². The molecule has 1 amide bonds. The molecular formula is C21H30N2O3. The molecule has 0 saturated heterocycles. The van der Waals surface area contributed by atoms with E-state index in [1.807, 2.05) is 31.2 Å². The second kappa shape index (κ2) is 8.30. The van der Waals surface area contributed by atoms with Gasteiger partial charge in [-0.1, -0.05) is 13.8 Å². The average molecular weight is 358 g/mol. The Morgan fingerprint density at radius 2 is 1.81 bits per heavy atom. The second-order valence-corrected chi connectivity index (χ2v) is 7.15. The molecular weight excluding hydrogens is 328 g/mol. The van der Waals surface area contributed by atoms with Crippen LogP contribution in [0.15, 0.2) is 24.3 Å². The van der Waals surface area contributed by atoms with Crippen LogP contribution in [-0.2, 0) is 0 Å². The minimum Gasteiger partial charge on any atom is -0.497 e. The normalized spacial score (nSPS) is 12.3. The van der Waals surface area contributed by atoms with Gasteiger partial charge in [-0.3, -0.25) is 4.79 Å². The van der Waals surface area contributed by atoms with Crippen LogP contribution in [0.5, 0.6) is 11.5 Å². The van der Waals surface area contributed by atoms with Crippen LogP contribution in [0.1, 0.15) is 55.7 Å². The Kier molecular flexibility index (Phi) is 6.35. The number of carbonyl (C=O) groups is 1. The van der Waals surface area contributed by atoms with Gasteiger partial charge in [0, 0.05) is 17.3 Å². The Morgan fingerprint density at radius 3 is 2.35 bits per heavy atom. The Bertz CT molecular complexity index is 778. The van der Waals surface area contributed by atoms with Crippen molar-refractivity contribution < 1.29 is 14.3 Å². The van der Waals surface area contributed by atoms with Gasteiger partial charge >= 0.3 is 0 Å². The number of rotatable bonds is 8. The molecule has 1 aromatic carbocycles. The monoisotopic (exact) mass is 358 g/mol. The summed E-state index contributed by atoms with van der Waals surface area (Å²) in [6.07, 6.45) is 2.13. The molecule has 0 aliphatic rings. The molecule has 1 unspecified atom stereocenters. The van der Waals surface area contributed by atoms with Crippen LogP contribution >= 0.6 is 0 Å². The van der Waals surface area contributed by atoms with Crippen molar-refractivity contribution in [3.8, 4) is 22.8 Å². The fourth-order valence-corrected chi connectivity index (χ4v) is 3.36. The largest absolute Gasteiger partial charge is 0.497 e. The molecule has 0 bridgehead atoms. The van der Waals surface area contributed by atoms with E-state index in [9.17, 15) is 4.79 Å². The zero-order valence-corrected chi connectivity index (χ0v) is 16.6. The topological polar surface area (TPSA) is 66.5 Å². The predicted molar refractivity (Wildman–Crippen MR) is 105 cm³/mol. The minimum atomic E-state index is -0.416. The maximum atomic E-state index is 11.9. The molecule has 26 heavy (non-hydrogen) atoms. The molecule has 2 aromatic rings. The van der Waals surface area contributed by atoms with Gasteiger partial charge in [-0.25, -0.2) is 0 Å². The molecule has 2 N–H and O–H groups in total. The molecule has 0 aliphatic carbocycles. The van der Waals surface area contributed by atoms with Crippen molar-refractivity contribution in [3.05, 3.63) is 35.5 Å². The van der Waals surface area contributed by atoms with Gasteiger partial charge in [-0.2, -0.15) is 0 Å². The number of amides is 1. The summed E-state index contributed by atoms with van der Waals surface area (Å²) >= 11 is 0. The highest BCUT2D eigenvalue weighted by atomic mass is 16.5. The third kappa shape index (κ3) is 4.03. The van der Waals surface area contributed by atoms with E-state index in [2.05, 4.69) is 25.3 Å². The molecule has 0 saturated carbocycles. The summed E-state index contributed by atoms with van der Waals surface area (Å²) in [5.74, 6) is 1.68. The molecule has 5 nitrogen and oxygen atoms in total. The molecule has 0 fully saturated rings. The Hall–Kier alpha value is -2.43. The van der Waals surface area contributed by atoms with Gasteiger partial charge in [0.05, 0.1) is 25.5 Å². The number of hydrogen-bond donors (Lipinski definition) is 1. The quantitative estimate of drug-likeness (QED) is 0.751. The van der Waals surface area contributed by atoms with E-state index in [1.54, 1.807) is 14.2 Å². The van der Waals surface area contributed by atoms with Gasteiger partial charge in [-0.05, 0) is 56.9 Å². The zero-order valence-electron chi connectivity index (χ0n) is 16.6. The number of nitrogens with two attached hydrogens (primary N) is 1. The van der Waals surface area contributed by atoms with Crippen LogP contribution in [-0.4, -0.2) is 24.7 Å². The first-order valence-electron chi connectivity index (χ1n) is 9.04. The lowest BCUT2D eigenvalue weighted by Gasteiger charge is -2.22. The van der Waals surface area contributed by atoms with Crippen LogP contribution < -0.4 is 15.2 Å². The number of aromatic nitrogens is 1. The standard InChI is InChI=1S/C21H30N2O3/c1-13(2)7-8-14(3)23-15(4)17(21(22)24)12-19(23)18-11-16(25-5)9-10-20(18)26-6/h9-14H,7-8H2,1-6H3,(H2,22,24). The molecule has 1 heterocycles. The molecule has 0 spiro atoms. The predicted octanol–water partition coefficient (Wildman–Crippen LogP) is 4.58. The summed E-state index contributed by atoms with van der Waals surface area (Å²) in [5, 5.41) is 0. The minimum absolute atomic E-state index is 0.233. The Morgan fingerprint density at radius 1 is 1.12 bits per heavy atom. The number of carbonyl (C=O) groups excluding carboxylic acids is 1. The lowest BCUT2D eigenvalue weighted by Crippen LogP contribution is -2.14. The second-order valence-electron chi connectivity index (χ2n) is 7.15. The fraction of sp³-hybridized carbons (Fsp3) is 0.476. The summed E-state index contributed by atoms with van der Waals surface area (Å²) in [6, 6.07) is 7.77. The van der Waals surface area contributed by atoms with Crippen molar-refractivity contribution in [3.63, 3.8) is 0 Å². The smallest absolute Gasteiger partial charge is 0.250 e. The lowest BCUT2D eigenvalue weighted by molar-refractivity contribution is 0.0999. The maximum Gasteiger partial charge on any atom is 0.250 e. The molecule has 1 aromatic heterocycles. The number of ether oxygens (including phenoxy) is 2. The van der Waals surface area contributed by atoms with Crippen molar-refractivity contribution in [1.82, 2.24) is 4.57 Å². The summed E-state index contributed by atoms with van der Waals surface area (Å²) < 4.78 is 13.1. The van der Waals surface area contributed by atoms with Crippen LogP contribution in [0.3, 0.4) is 0 Å². The number of benzene rings is 1. The summed E-state index contributed by atoms with van der Waals surface area (Å²) in [5.41, 5.74) is 8.85. The van der Waals surface area contributed by atoms with Gasteiger partial charge < -0.3 is 19.8 Å². The maximum absolute atomic E-state index is 11.9. The number of methoxy groups -OCH3 is 2. The third-order valence-electron chi connectivity index (χ3n) is 4.84. The summed E-state index contributed by atoms with van der Waals surface area (Å²) in [4.78, 5) is 11.9. The van der Waals surface area contributed by atoms with E-state index in [4.69, 9.17) is 15.2 Å². The molecule has 142 valence electrons. The van der Waals surface area contributed by atoms with E-state index in [-0.39, 0.29) is 6.04 Å². The molecule has 0 aliphatic heterocycles. The van der Waals surface area contributed by atoms with Crippen molar-refractivity contribution >= 4 is 5.91 Å². The first kappa shape index (κ1) is 19.9. The first-order valence-corrected chi connectivity index (χ1v) is 9.04. The Labute approximate surface area is 156 Å². The van der Waals surface area contributed by atoms with Crippen LogP contribution in [0, 0.1) is 12.8 Å². The highest BCUT2D eigenvalue weighted by Gasteiger charge is 2.22. The van der Waals surface area contributed by atoms with Crippen molar-refractivity contribution in [2.24, 2.45) is 11.7 Å². The molecule has 2 rings (SSSR count). The summed E-state index contributed by atoms with van der Waals surface area (Å²) in [7, 11) is 3.28. The lowest BCUT2D eigenvalue weighted by atomic mass is 10.0. The average Bonchev–Trinajstić information content (AvgIpc) is 2.96. The van der Waals surface area contributed by atoms with Crippen molar-refractivity contribution in [2.45, 2.75) is 46.6 Å². The van der Waals surface area contributed by atoms with Gasteiger partial charge in [0.25, 0.3) is 5.91 Å². The number of hydrogen-bond acceptors (Lipinski definition) is 3. The van der Waals surface area contributed by atoms with Crippen LogP contribution in [0.2, 0.25) is 0 Å². The first-order chi connectivity index (χ1) is 12.3. The zero-order chi connectivity index (χ0) is 19.4. The van der Waals surface area contributed by atoms with E-state index in [0.717, 1.165) is 41.3 Å². The molecule has 1 atom stereocenters. The van der Waals surface area contributed by atoms with E-state index >= 15 is 0 Å². The van der Waals surface area contributed by atoms with Gasteiger partial charge in [0.2, 0.25) is 0 Å². The van der Waals surface area contributed by atoms with Crippen LogP contribution in [0.25, 0.3) is 11.3 Å². The van der Waals surface area contributed by atoms with Crippen LogP contribution in [0.4, 0.5) is 0 Å². The fourth-order valence-electron chi connectivity index (χ4n) is 3.36. The number of primary amides is 1. The van der Waals surface area contributed by atoms with Gasteiger partial charge in [0.15, 0.2) is 0 Å². The Balaban J connectivity index is 2.64. The van der Waals surface area contributed by atoms with Gasteiger partial charge in [0.1, 0.15) is 11.5 Å². The highest BCUT2D eigenvalue weighted by Crippen LogP contribution is 2.38. The highest BCUT2D eigenvalue weighted by molar-refractivity contribution is 5.96. The van der Waals surface area contributed by atoms with Crippen molar-refractivity contribution in [2.75, 3.05) is 14.2 Å². The van der Waals surface area contributed by atoms with Crippen molar-refractivity contribution in [1.29, 1.82) is 0 Å². The van der Waals surface area contributed by atoms with E-state index < -0.39 is 5.91 Å². The summed E-state index contributed by atoms with van der Waals surface area (Å²) in [6.45, 7) is 8.56. The third-order valence-corrected chi connectivity index (χ3v) is 4.84.